The van der Waals surface area contributed by atoms with Gasteiger partial charge in [-0.1, -0.05) is 6.92 Å². The van der Waals surface area contributed by atoms with Gasteiger partial charge >= 0.3 is 0 Å². The standard InChI is InChI=1S/C12H26N2S/c1-5-11(9-15-4)13-12-6-7-14(3)10(2)8-12/h10-13H,5-9H2,1-4H3. The van der Waals surface area contributed by atoms with E-state index < -0.39 is 0 Å². The molecule has 90 valence electrons. The van der Waals surface area contributed by atoms with Gasteiger partial charge in [0.05, 0.1) is 0 Å². The third-order valence-electron chi connectivity index (χ3n) is 3.54. The lowest BCUT2D eigenvalue weighted by molar-refractivity contribution is 0.163. The summed E-state index contributed by atoms with van der Waals surface area (Å²) in [4.78, 5) is 2.47. The zero-order chi connectivity index (χ0) is 11.3. The van der Waals surface area contributed by atoms with Crippen LogP contribution in [0.25, 0.3) is 0 Å². The highest BCUT2D eigenvalue weighted by Crippen LogP contribution is 2.16. The van der Waals surface area contributed by atoms with Crippen LogP contribution in [0.2, 0.25) is 0 Å². The molecule has 1 aliphatic heterocycles. The maximum atomic E-state index is 3.81. The molecule has 2 nitrogen and oxygen atoms in total. The van der Waals surface area contributed by atoms with Crippen LogP contribution in [0, 0.1) is 0 Å². The minimum absolute atomic E-state index is 0.709. The van der Waals surface area contributed by atoms with E-state index in [1.807, 2.05) is 11.8 Å². The first-order chi connectivity index (χ1) is 7.17. The molecule has 1 saturated heterocycles. The van der Waals surface area contributed by atoms with E-state index in [4.69, 9.17) is 0 Å². The molecule has 0 bridgehead atoms. The zero-order valence-corrected chi connectivity index (χ0v) is 11.4. The average Bonchev–Trinajstić information content (AvgIpc) is 2.23. The Morgan fingerprint density at radius 1 is 1.53 bits per heavy atom. The Bertz CT molecular complexity index is 175. The van der Waals surface area contributed by atoms with Gasteiger partial charge in [0.2, 0.25) is 0 Å². The molecule has 1 aliphatic rings. The van der Waals surface area contributed by atoms with Crippen LogP contribution in [-0.2, 0) is 0 Å². The number of nitrogens with zero attached hydrogens (tertiary/aromatic N) is 1. The zero-order valence-electron chi connectivity index (χ0n) is 10.6. The van der Waals surface area contributed by atoms with Crippen LogP contribution in [0.5, 0.6) is 0 Å². The SMILES string of the molecule is CCC(CSC)NC1CCN(C)C(C)C1. The number of hydrogen-bond acceptors (Lipinski definition) is 3. The van der Waals surface area contributed by atoms with Crippen LogP contribution in [-0.4, -0.2) is 48.6 Å². The van der Waals surface area contributed by atoms with Gasteiger partial charge in [0.1, 0.15) is 0 Å². The van der Waals surface area contributed by atoms with Crippen molar-refractivity contribution in [3.63, 3.8) is 0 Å². The van der Waals surface area contributed by atoms with Gasteiger partial charge in [-0.05, 0) is 46.0 Å². The van der Waals surface area contributed by atoms with Crippen molar-refractivity contribution < 1.29 is 0 Å². The van der Waals surface area contributed by atoms with Gasteiger partial charge in [-0.3, -0.25) is 0 Å². The molecule has 0 aliphatic carbocycles. The molecule has 0 amide bonds. The van der Waals surface area contributed by atoms with Crippen LogP contribution < -0.4 is 5.32 Å². The second kappa shape index (κ2) is 6.77. The maximum absolute atomic E-state index is 3.81. The number of nitrogens with one attached hydrogen (secondary N) is 1. The van der Waals surface area contributed by atoms with Gasteiger partial charge in [0.15, 0.2) is 0 Å². The topological polar surface area (TPSA) is 15.3 Å². The van der Waals surface area contributed by atoms with Crippen molar-refractivity contribution in [2.45, 2.75) is 51.2 Å². The van der Waals surface area contributed by atoms with Crippen molar-refractivity contribution in [3.8, 4) is 0 Å². The van der Waals surface area contributed by atoms with Crippen LogP contribution in [0.3, 0.4) is 0 Å². The highest BCUT2D eigenvalue weighted by Gasteiger charge is 2.23. The highest BCUT2D eigenvalue weighted by atomic mass is 32.2. The van der Waals surface area contributed by atoms with E-state index in [1.165, 1.54) is 31.6 Å². The van der Waals surface area contributed by atoms with Crippen LogP contribution in [0.1, 0.15) is 33.1 Å². The highest BCUT2D eigenvalue weighted by molar-refractivity contribution is 7.98. The first-order valence-corrected chi connectivity index (χ1v) is 7.52. The van der Waals surface area contributed by atoms with Crippen LogP contribution >= 0.6 is 11.8 Å². The molecule has 1 fully saturated rings. The van der Waals surface area contributed by atoms with E-state index in [1.54, 1.807) is 0 Å². The summed E-state index contributed by atoms with van der Waals surface area (Å²) in [5.74, 6) is 1.25. The van der Waals surface area contributed by atoms with E-state index in [-0.39, 0.29) is 0 Å². The van der Waals surface area contributed by atoms with Gasteiger partial charge in [0.25, 0.3) is 0 Å². The van der Waals surface area contributed by atoms with Crippen molar-refractivity contribution >= 4 is 11.8 Å². The Morgan fingerprint density at radius 3 is 2.80 bits per heavy atom. The third-order valence-corrected chi connectivity index (χ3v) is 4.28. The first-order valence-electron chi connectivity index (χ1n) is 6.12. The Balaban J connectivity index is 2.31. The maximum Gasteiger partial charge on any atom is 0.0158 e. The Kier molecular flexibility index (Phi) is 6.02. The predicted molar refractivity (Wildman–Crippen MR) is 70.7 cm³/mol. The molecule has 3 atom stereocenters. The van der Waals surface area contributed by atoms with E-state index in [0.717, 1.165) is 12.1 Å². The molecule has 3 unspecified atom stereocenters. The summed E-state index contributed by atoms with van der Waals surface area (Å²) in [6.07, 6.45) is 6.07. The van der Waals surface area contributed by atoms with Crippen molar-refractivity contribution in [2.75, 3.05) is 25.6 Å². The Labute approximate surface area is 99.2 Å². The number of rotatable bonds is 5. The summed E-state index contributed by atoms with van der Waals surface area (Å²) in [6, 6.07) is 2.19. The summed E-state index contributed by atoms with van der Waals surface area (Å²) in [5, 5.41) is 3.81. The van der Waals surface area contributed by atoms with E-state index in [9.17, 15) is 0 Å². The van der Waals surface area contributed by atoms with Crippen LogP contribution in [0.15, 0.2) is 0 Å². The van der Waals surface area contributed by atoms with Crippen molar-refractivity contribution in [1.82, 2.24) is 10.2 Å². The molecule has 0 saturated carbocycles. The average molecular weight is 230 g/mol. The summed E-state index contributed by atoms with van der Waals surface area (Å²) in [7, 11) is 2.24. The largest absolute Gasteiger partial charge is 0.310 e. The first kappa shape index (κ1) is 13.3. The number of piperidine rings is 1. The second-order valence-corrected chi connectivity index (χ2v) is 5.69. The monoisotopic (exact) mass is 230 g/mol. The summed E-state index contributed by atoms with van der Waals surface area (Å²) < 4.78 is 0. The second-order valence-electron chi connectivity index (χ2n) is 4.78. The smallest absolute Gasteiger partial charge is 0.0158 e. The number of thioether (sulfide) groups is 1. The fourth-order valence-corrected chi connectivity index (χ4v) is 2.99. The normalized spacial score (nSPS) is 30.4. The molecule has 0 aromatic rings. The predicted octanol–water partition coefficient (Wildman–Crippen LogP) is 2.20. The molecule has 3 heteroatoms. The van der Waals surface area contributed by atoms with Gasteiger partial charge in [-0.2, -0.15) is 11.8 Å². The lowest BCUT2D eigenvalue weighted by Crippen LogP contribution is -2.49. The lowest BCUT2D eigenvalue weighted by Gasteiger charge is -2.37. The molecule has 0 radical (unpaired) electrons. The van der Waals surface area contributed by atoms with E-state index in [0.29, 0.717) is 6.04 Å². The van der Waals surface area contributed by atoms with Crippen LogP contribution in [0.4, 0.5) is 0 Å². The van der Waals surface area contributed by atoms with Gasteiger partial charge in [0, 0.05) is 23.9 Å². The fourth-order valence-electron chi connectivity index (χ4n) is 2.26. The lowest BCUT2D eigenvalue weighted by atomic mass is 9.98. The van der Waals surface area contributed by atoms with Crippen molar-refractivity contribution in [3.05, 3.63) is 0 Å². The van der Waals surface area contributed by atoms with Gasteiger partial charge in [-0.25, -0.2) is 0 Å². The minimum Gasteiger partial charge on any atom is -0.310 e. The number of likely N-dealkylation sites (tertiary alicyclic amines) is 1. The molecule has 1 heterocycles. The summed E-state index contributed by atoms with van der Waals surface area (Å²) in [6.45, 7) is 5.87. The molecular formula is C12H26N2S. The molecular weight excluding hydrogens is 204 g/mol. The van der Waals surface area contributed by atoms with E-state index >= 15 is 0 Å². The number of hydrogen-bond donors (Lipinski definition) is 1. The molecule has 0 aromatic heterocycles. The molecule has 1 rings (SSSR count). The van der Waals surface area contributed by atoms with Gasteiger partial charge < -0.3 is 10.2 Å². The van der Waals surface area contributed by atoms with Gasteiger partial charge in [-0.15, -0.1) is 0 Å². The quantitative estimate of drug-likeness (QED) is 0.779. The summed E-state index contributed by atoms with van der Waals surface area (Å²) in [5.41, 5.74) is 0. The summed E-state index contributed by atoms with van der Waals surface area (Å²) >= 11 is 1.95. The Hall–Kier alpha value is 0.270. The fraction of sp³-hybridized carbons (Fsp3) is 1.00. The third kappa shape index (κ3) is 4.33. The van der Waals surface area contributed by atoms with Crippen molar-refractivity contribution in [2.24, 2.45) is 0 Å². The Morgan fingerprint density at radius 2 is 2.27 bits per heavy atom. The minimum atomic E-state index is 0.709. The molecule has 0 aromatic carbocycles. The molecule has 0 spiro atoms. The molecule has 15 heavy (non-hydrogen) atoms. The molecule has 1 N–H and O–H groups in total. The van der Waals surface area contributed by atoms with E-state index in [2.05, 4.69) is 37.4 Å². The van der Waals surface area contributed by atoms with Crippen molar-refractivity contribution in [1.29, 1.82) is 0 Å².